The third kappa shape index (κ3) is 2.52. The highest BCUT2D eigenvalue weighted by Crippen LogP contribution is 2.41. The largest absolute Gasteiger partial charge is 0.506 e. The number of hydrogen-bond acceptors (Lipinski definition) is 4. The second-order valence-corrected chi connectivity index (χ2v) is 6.14. The van der Waals surface area contributed by atoms with Crippen LogP contribution in [0.15, 0.2) is 30.5 Å². The number of pyridine rings is 1. The van der Waals surface area contributed by atoms with Gasteiger partial charge < -0.3 is 9.84 Å². The van der Waals surface area contributed by atoms with Crippen LogP contribution in [-0.4, -0.2) is 27.0 Å². The highest BCUT2D eigenvalue weighted by molar-refractivity contribution is 5.90. The van der Waals surface area contributed by atoms with Crippen LogP contribution >= 0.6 is 0 Å². The zero-order chi connectivity index (χ0) is 16.7. The van der Waals surface area contributed by atoms with Crippen LogP contribution < -0.4 is 4.74 Å². The molecule has 2 heterocycles. The molecule has 4 rings (SSSR count). The Morgan fingerprint density at radius 1 is 1.21 bits per heavy atom. The van der Waals surface area contributed by atoms with Gasteiger partial charge in [0.25, 0.3) is 0 Å². The Bertz CT molecular complexity index is 939. The van der Waals surface area contributed by atoms with E-state index in [2.05, 4.69) is 10.1 Å². The van der Waals surface area contributed by atoms with Crippen molar-refractivity contribution in [2.75, 3.05) is 7.11 Å². The van der Waals surface area contributed by atoms with Crippen molar-refractivity contribution in [3.05, 3.63) is 47.4 Å². The minimum atomic E-state index is 0.153. The van der Waals surface area contributed by atoms with Gasteiger partial charge in [-0.15, -0.1) is 0 Å². The number of phenols is 1. The molecule has 5 heteroatoms. The Morgan fingerprint density at radius 3 is 2.79 bits per heavy atom. The number of aromatic nitrogens is 3. The standard InChI is InChI=1S/C19H19N3O2/c1-22-16(15(11-20-22)12-3-4-12)8-6-13-5-7-14-18(24-2)10-9-17(23)19(14)21-13/h5-12,23H,3-4H2,1-2H3. The normalized spacial score (nSPS) is 14.6. The predicted octanol–water partition coefficient (Wildman–Crippen LogP) is 3.73. The molecule has 1 fully saturated rings. The monoisotopic (exact) mass is 321 g/mol. The molecule has 0 atom stereocenters. The van der Waals surface area contributed by atoms with E-state index in [9.17, 15) is 5.11 Å². The third-order valence-corrected chi connectivity index (χ3v) is 4.48. The van der Waals surface area contributed by atoms with Gasteiger partial charge in [0, 0.05) is 18.0 Å². The van der Waals surface area contributed by atoms with Gasteiger partial charge in [-0.1, -0.05) is 0 Å². The minimum Gasteiger partial charge on any atom is -0.506 e. The molecular weight excluding hydrogens is 302 g/mol. The summed E-state index contributed by atoms with van der Waals surface area (Å²) in [5.74, 6) is 1.50. The first-order valence-corrected chi connectivity index (χ1v) is 8.04. The van der Waals surface area contributed by atoms with Crippen molar-refractivity contribution < 1.29 is 9.84 Å². The second kappa shape index (κ2) is 5.67. The Balaban J connectivity index is 1.72. The number of hydrogen-bond donors (Lipinski definition) is 1. The summed E-state index contributed by atoms with van der Waals surface area (Å²) in [6.45, 7) is 0. The lowest BCUT2D eigenvalue weighted by Crippen LogP contribution is -1.94. The first kappa shape index (κ1) is 14.8. The molecule has 3 aromatic rings. The molecule has 2 aromatic heterocycles. The van der Waals surface area contributed by atoms with Crippen molar-refractivity contribution in [1.29, 1.82) is 0 Å². The maximum Gasteiger partial charge on any atom is 0.142 e. The van der Waals surface area contributed by atoms with Crippen molar-refractivity contribution in [3.63, 3.8) is 0 Å². The Kier molecular flexibility index (Phi) is 3.49. The quantitative estimate of drug-likeness (QED) is 0.795. The van der Waals surface area contributed by atoms with Gasteiger partial charge in [0.2, 0.25) is 0 Å². The summed E-state index contributed by atoms with van der Waals surface area (Å²) in [5, 5.41) is 15.2. The minimum absolute atomic E-state index is 0.153. The summed E-state index contributed by atoms with van der Waals surface area (Å²) in [4.78, 5) is 4.56. The Morgan fingerprint density at radius 2 is 2.04 bits per heavy atom. The molecule has 5 nitrogen and oxygen atoms in total. The lowest BCUT2D eigenvalue weighted by Gasteiger charge is -2.07. The van der Waals surface area contributed by atoms with Gasteiger partial charge in [-0.05, 0) is 55.2 Å². The molecule has 0 spiro atoms. The number of fused-ring (bicyclic) bond motifs is 1. The first-order chi connectivity index (χ1) is 11.7. The molecular formula is C19H19N3O2. The Labute approximate surface area is 140 Å². The van der Waals surface area contributed by atoms with E-state index in [1.165, 1.54) is 18.4 Å². The SMILES string of the molecule is COc1ccc(O)c2nc(C=Cc3c(C4CC4)cnn3C)ccc12. The number of benzene rings is 1. The number of ether oxygens (including phenoxy) is 1. The van der Waals surface area contributed by atoms with Crippen molar-refractivity contribution in [2.24, 2.45) is 7.05 Å². The summed E-state index contributed by atoms with van der Waals surface area (Å²) in [6, 6.07) is 7.19. The van der Waals surface area contributed by atoms with Gasteiger partial charge in [0.1, 0.15) is 17.0 Å². The van der Waals surface area contributed by atoms with Crippen LogP contribution in [0, 0.1) is 0 Å². The predicted molar refractivity (Wildman–Crippen MR) is 94.1 cm³/mol. The van der Waals surface area contributed by atoms with Gasteiger partial charge in [0.05, 0.1) is 24.7 Å². The molecule has 24 heavy (non-hydrogen) atoms. The zero-order valence-electron chi connectivity index (χ0n) is 13.7. The lowest BCUT2D eigenvalue weighted by molar-refractivity contribution is 0.418. The molecule has 1 N–H and O–H groups in total. The average molecular weight is 321 g/mol. The van der Waals surface area contributed by atoms with E-state index in [0.717, 1.165) is 16.8 Å². The number of nitrogens with zero attached hydrogens (tertiary/aromatic N) is 3. The Hall–Kier alpha value is -2.82. The van der Waals surface area contributed by atoms with Crippen LogP contribution in [0.5, 0.6) is 11.5 Å². The topological polar surface area (TPSA) is 60.2 Å². The number of phenolic OH excluding ortho intramolecular Hbond substituents is 1. The molecule has 0 amide bonds. The second-order valence-electron chi connectivity index (χ2n) is 6.14. The summed E-state index contributed by atoms with van der Waals surface area (Å²) >= 11 is 0. The van der Waals surface area contributed by atoms with Crippen molar-refractivity contribution in [1.82, 2.24) is 14.8 Å². The van der Waals surface area contributed by atoms with E-state index in [-0.39, 0.29) is 5.75 Å². The van der Waals surface area contributed by atoms with Crippen LogP contribution in [0.4, 0.5) is 0 Å². The molecule has 122 valence electrons. The van der Waals surface area contributed by atoms with Crippen molar-refractivity contribution in [2.45, 2.75) is 18.8 Å². The maximum absolute atomic E-state index is 10.1. The van der Waals surface area contributed by atoms with E-state index in [1.807, 2.05) is 42.2 Å². The molecule has 1 saturated carbocycles. The average Bonchev–Trinajstić information content (AvgIpc) is 3.37. The van der Waals surface area contributed by atoms with Crippen molar-refractivity contribution >= 4 is 23.1 Å². The van der Waals surface area contributed by atoms with Gasteiger partial charge in [0.15, 0.2) is 0 Å². The summed E-state index contributed by atoms with van der Waals surface area (Å²) in [7, 11) is 3.57. The van der Waals surface area contributed by atoms with Gasteiger partial charge in [-0.3, -0.25) is 4.68 Å². The van der Waals surface area contributed by atoms with Crippen LogP contribution in [0.1, 0.15) is 35.7 Å². The molecule has 1 aliphatic carbocycles. The molecule has 1 aliphatic rings. The molecule has 0 aliphatic heterocycles. The van der Waals surface area contributed by atoms with E-state index in [0.29, 0.717) is 17.2 Å². The molecule has 0 bridgehead atoms. The van der Waals surface area contributed by atoms with Gasteiger partial charge >= 0.3 is 0 Å². The van der Waals surface area contributed by atoms with Crippen LogP contribution in [0.3, 0.4) is 0 Å². The fraction of sp³-hybridized carbons (Fsp3) is 0.263. The van der Waals surface area contributed by atoms with Crippen LogP contribution in [-0.2, 0) is 7.05 Å². The summed E-state index contributed by atoms with van der Waals surface area (Å²) in [6.07, 6.45) is 8.46. The lowest BCUT2D eigenvalue weighted by atomic mass is 10.1. The number of rotatable bonds is 4. The third-order valence-electron chi connectivity index (χ3n) is 4.48. The maximum atomic E-state index is 10.1. The van der Waals surface area contributed by atoms with E-state index >= 15 is 0 Å². The summed E-state index contributed by atoms with van der Waals surface area (Å²) in [5.41, 5.74) is 3.76. The summed E-state index contributed by atoms with van der Waals surface area (Å²) < 4.78 is 7.22. The zero-order valence-corrected chi connectivity index (χ0v) is 13.7. The van der Waals surface area contributed by atoms with Crippen LogP contribution in [0.2, 0.25) is 0 Å². The first-order valence-electron chi connectivity index (χ1n) is 8.04. The highest BCUT2D eigenvalue weighted by Gasteiger charge is 2.27. The molecule has 0 radical (unpaired) electrons. The van der Waals surface area contributed by atoms with Gasteiger partial charge in [-0.25, -0.2) is 4.98 Å². The van der Waals surface area contributed by atoms with Gasteiger partial charge in [-0.2, -0.15) is 5.10 Å². The fourth-order valence-electron chi connectivity index (χ4n) is 3.00. The molecule has 0 unspecified atom stereocenters. The van der Waals surface area contributed by atoms with Crippen molar-refractivity contribution in [3.8, 4) is 11.5 Å². The molecule has 0 saturated heterocycles. The number of methoxy groups -OCH3 is 1. The number of aryl methyl sites for hydroxylation is 1. The van der Waals surface area contributed by atoms with E-state index < -0.39 is 0 Å². The number of aromatic hydroxyl groups is 1. The van der Waals surface area contributed by atoms with E-state index in [1.54, 1.807) is 19.2 Å². The fourth-order valence-corrected chi connectivity index (χ4v) is 3.00. The van der Waals surface area contributed by atoms with E-state index in [4.69, 9.17) is 4.74 Å². The molecule has 1 aromatic carbocycles. The highest BCUT2D eigenvalue weighted by atomic mass is 16.5. The van der Waals surface area contributed by atoms with Crippen LogP contribution in [0.25, 0.3) is 23.1 Å². The smallest absolute Gasteiger partial charge is 0.142 e.